The van der Waals surface area contributed by atoms with Crippen LogP contribution in [0.1, 0.15) is 42.6 Å². The molecule has 0 aromatic carbocycles. The number of rotatable bonds is 3. The Labute approximate surface area is 109 Å². The van der Waals surface area contributed by atoms with Crippen LogP contribution in [0.3, 0.4) is 0 Å². The van der Waals surface area contributed by atoms with E-state index in [-0.39, 0.29) is 5.78 Å². The Kier molecular flexibility index (Phi) is 3.50. The molecule has 0 amide bonds. The minimum absolute atomic E-state index is 0.231. The Balaban J connectivity index is 1.56. The van der Waals surface area contributed by atoms with Gasteiger partial charge in [0.1, 0.15) is 0 Å². The summed E-state index contributed by atoms with van der Waals surface area (Å²) in [7, 11) is 0. The first-order valence-electron chi connectivity index (χ1n) is 7.22. The topological polar surface area (TPSA) is 36.1 Å². The Morgan fingerprint density at radius 1 is 1.28 bits per heavy atom. The average molecular weight is 246 g/mol. The second-order valence-electron chi connectivity index (χ2n) is 5.84. The van der Waals surface area contributed by atoms with Gasteiger partial charge in [0.2, 0.25) is 0 Å². The van der Waals surface area contributed by atoms with Gasteiger partial charge in [0.05, 0.1) is 12.2 Å². The van der Waals surface area contributed by atoms with Gasteiger partial charge < -0.3 is 4.98 Å². The van der Waals surface area contributed by atoms with Crippen molar-refractivity contribution in [3.05, 3.63) is 24.0 Å². The lowest BCUT2D eigenvalue weighted by Gasteiger charge is -2.41. The molecule has 1 saturated carbocycles. The highest BCUT2D eigenvalue weighted by Crippen LogP contribution is 2.35. The molecule has 1 aromatic rings. The van der Waals surface area contributed by atoms with Gasteiger partial charge in [-0.2, -0.15) is 0 Å². The molecule has 3 heteroatoms. The second-order valence-corrected chi connectivity index (χ2v) is 5.84. The van der Waals surface area contributed by atoms with Gasteiger partial charge in [0.25, 0.3) is 0 Å². The van der Waals surface area contributed by atoms with Crippen LogP contribution in [-0.2, 0) is 0 Å². The molecule has 1 aliphatic heterocycles. The van der Waals surface area contributed by atoms with Gasteiger partial charge in [0, 0.05) is 12.7 Å². The van der Waals surface area contributed by atoms with Gasteiger partial charge in [-0.1, -0.05) is 19.3 Å². The Morgan fingerprint density at radius 2 is 2.11 bits per heavy atom. The van der Waals surface area contributed by atoms with E-state index in [1.165, 1.54) is 32.1 Å². The van der Waals surface area contributed by atoms with Crippen molar-refractivity contribution in [3.63, 3.8) is 0 Å². The highest BCUT2D eigenvalue weighted by molar-refractivity contribution is 5.95. The minimum Gasteiger partial charge on any atom is -0.359 e. The fourth-order valence-electron chi connectivity index (χ4n) is 3.61. The molecule has 2 unspecified atom stereocenters. The van der Waals surface area contributed by atoms with Crippen LogP contribution in [0.2, 0.25) is 0 Å². The summed E-state index contributed by atoms with van der Waals surface area (Å²) in [6, 6.07) is 3.76. The van der Waals surface area contributed by atoms with E-state index in [1.54, 1.807) is 0 Å². The first-order chi connectivity index (χ1) is 8.83. The average Bonchev–Trinajstić information content (AvgIpc) is 2.92. The number of H-pyrrole nitrogens is 1. The van der Waals surface area contributed by atoms with E-state index in [1.807, 2.05) is 18.3 Å². The molecule has 2 heterocycles. The summed E-state index contributed by atoms with van der Waals surface area (Å²) in [6.07, 6.45) is 8.71. The number of fused-ring (bicyclic) bond motifs is 1. The van der Waals surface area contributed by atoms with Crippen molar-refractivity contribution < 1.29 is 4.79 Å². The number of carbonyl (C=O) groups is 1. The van der Waals surface area contributed by atoms with Gasteiger partial charge in [-0.05, 0) is 43.4 Å². The van der Waals surface area contributed by atoms with Crippen molar-refractivity contribution in [1.29, 1.82) is 0 Å². The van der Waals surface area contributed by atoms with Crippen molar-refractivity contribution in [1.82, 2.24) is 9.88 Å². The van der Waals surface area contributed by atoms with Crippen LogP contribution in [0.15, 0.2) is 18.3 Å². The quantitative estimate of drug-likeness (QED) is 0.832. The molecule has 1 aliphatic carbocycles. The normalized spacial score (nSPS) is 28.9. The second kappa shape index (κ2) is 5.27. The van der Waals surface area contributed by atoms with E-state index < -0.39 is 0 Å². The summed E-state index contributed by atoms with van der Waals surface area (Å²) in [5.74, 6) is 2.02. The number of aromatic amines is 1. The number of Topliss-reactive ketones (excluding diaryl/α,β-unsaturated/α-hetero) is 1. The smallest absolute Gasteiger partial charge is 0.192 e. The maximum Gasteiger partial charge on any atom is 0.192 e. The van der Waals surface area contributed by atoms with Crippen molar-refractivity contribution >= 4 is 5.78 Å². The number of ketones is 1. The largest absolute Gasteiger partial charge is 0.359 e. The molecule has 0 radical (unpaired) electrons. The first-order valence-corrected chi connectivity index (χ1v) is 7.22. The van der Waals surface area contributed by atoms with E-state index in [9.17, 15) is 4.79 Å². The van der Waals surface area contributed by atoms with Gasteiger partial charge in [-0.25, -0.2) is 0 Å². The maximum atomic E-state index is 12.1. The van der Waals surface area contributed by atoms with Crippen LogP contribution in [0.5, 0.6) is 0 Å². The molecule has 2 aliphatic rings. The van der Waals surface area contributed by atoms with Crippen LogP contribution in [0.25, 0.3) is 0 Å². The monoisotopic (exact) mass is 246 g/mol. The summed E-state index contributed by atoms with van der Waals surface area (Å²) in [6.45, 7) is 2.83. The van der Waals surface area contributed by atoms with E-state index in [0.29, 0.717) is 6.54 Å². The first kappa shape index (κ1) is 12.0. The molecule has 0 bridgehead atoms. The molecular weight excluding hydrogens is 224 g/mol. The maximum absolute atomic E-state index is 12.1. The lowest BCUT2D eigenvalue weighted by atomic mass is 9.75. The third-order valence-electron chi connectivity index (χ3n) is 4.64. The van der Waals surface area contributed by atoms with Crippen LogP contribution in [0, 0.1) is 11.8 Å². The fraction of sp³-hybridized carbons (Fsp3) is 0.667. The highest BCUT2D eigenvalue weighted by atomic mass is 16.1. The number of nitrogens with one attached hydrogen (secondary N) is 1. The van der Waals surface area contributed by atoms with E-state index >= 15 is 0 Å². The lowest BCUT2D eigenvalue weighted by molar-refractivity contribution is 0.0710. The molecule has 18 heavy (non-hydrogen) atoms. The van der Waals surface area contributed by atoms with E-state index in [4.69, 9.17) is 0 Å². The minimum atomic E-state index is 0.231. The number of hydrogen-bond acceptors (Lipinski definition) is 2. The van der Waals surface area contributed by atoms with Crippen LogP contribution >= 0.6 is 0 Å². The molecule has 1 aromatic heterocycles. The molecular formula is C15H22N2O. The molecule has 2 fully saturated rings. The Hall–Kier alpha value is -1.09. The summed E-state index contributed by atoms with van der Waals surface area (Å²) in [4.78, 5) is 17.4. The Morgan fingerprint density at radius 3 is 2.89 bits per heavy atom. The van der Waals surface area contributed by atoms with Crippen molar-refractivity contribution in [3.8, 4) is 0 Å². The highest BCUT2D eigenvalue weighted by Gasteiger charge is 2.31. The zero-order valence-electron chi connectivity index (χ0n) is 10.9. The SMILES string of the molecule is O=C(CN1CCC2CCCCC2C1)c1ccc[nH]1. The molecule has 98 valence electrons. The van der Waals surface area contributed by atoms with Crippen molar-refractivity contribution in [2.24, 2.45) is 11.8 Å². The zero-order valence-corrected chi connectivity index (χ0v) is 10.9. The third kappa shape index (κ3) is 2.51. The third-order valence-corrected chi connectivity index (χ3v) is 4.64. The molecule has 1 saturated heterocycles. The summed E-state index contributed by atoms with van der Waals surface area (Å²) in [5, 5.41) is 0. The number of hydrogen-bond donors (Lipinski definition) is 1. The van der Waals surface area contributed by atoms with Gasteiger partial charge >= 0.3 is 0 Å². The zero-order chi connectivity index (χ0) is 12.4. The van der Waals surface area contributed by atoms with Crippen LogP contribution in [-0.4, -0.2) is 35.3 Å². The Bertz CT molecular complexity index is 399. The summed E-state index contributed by atoms with van der Waals surface area (Å²) >= 11 is 0. The summed E-state index contributed by atoms with van der Waals surface area (Å²) in [5.41, 5.74) is 0.751. The van der Waals surface area contributed by atoms with Gasteiger partial charge in [0.15, 0.2) is 5.78 Å². The standard InChI is InChI=1S/C15H22N2O/c18-15(14-6-3-8-16-14)11-17-9-7-12-4-1-2-5-13(12)10-17/h3,6,8,12-13,16H,1-2,4-5,7,9-11H2. The number of piperidine rings is 1. The molecule has 0 spiro atoms. The van der Waals surface area contributed by atoms with E-state index in [0.717, 1.165) is 30.6 Å². The molecule has 3 rings (SSSR count). The fourth-order valence-corrected chi connectivity index (χ4v) is 3.61. The van der Waals surface area contributed by atoms with Gasteiger partial charge in [-0.15, -0.1) is 0 Å². The predicted molar refractivity (Wildman–Crippen MR) is 71.6 cm³/mol. The van der Waals surface area contributed by atoms with Crippen molar-refractivity contribution in [2.45, 2.75) is 32.1 Å². The molecule has 2 atom stereocenters. The number of likely N-dealkylation sites (tertiary alicyclic amines) is 1. The van der Waals surface area contributed by atoms with Crippen LogP contribution in [0.4, 0.5) is 0 Å². The lowest BCUT2D eigenvalue weighted by Crippen LogP contribution is -2.43. The van der Waals surface area contributed by atoms with Crippen molar-refractivity contribution in [2.75, 3.05) is 19.6 Å². The predicted octanol–water partition coefficient (Wildman–Crippen LogP) is 2.71. The van der Waals surface area contributed by atoms with E-state index in [2.05, 4.69) is 9.88 Å². The molecule has 1 N–H and O–H groups in total. The van der Waals surface area contributed by atoms with Gasteiger partial charge in [-0.3, -0.25) is 9.69 Å². The number of nitrogens with zero attached hydrogens (tertiary/aromatic N) is 1. The number of carbonyl (C=O) groups excluding carboxylic acids is 1. The molecule has 3 nitrogen and oxygen atoms in total. The number of aromatic nitrogens is 1. The van der Waals surface area contributed by atoms with Crippen LogP contribution < -0.4 is 0 Å². The summed E-state index contributed by atoms with van der Waals surface area (Å²) < 4.78 is 0.